The number of hydrogen-bond donors (Lipinski definition) is 1. The van der Waals surface area contributed by atoms with Crippen molar-refractivity contribution in [2.24, 2.45) is 0 Å². The number of anilines is 1. The fraction of sp³-hybridized carbons (Fsp3) is 0.364. The van der Waals surface area contributed by atoms with E-state index in [2.05, 4.69) is 12.2 Å². The Morgan fingerprint density at radius 1 is 1.29 bits per heavy atom. The summed E-state index contributed by atoms with van der Waals surface area (Å²) in [5, 5.41) is 3.47. The molecule has 1 fully saturated rings. The average Bonchev–Trinajstić information content (AvgIpc) is 3.11. The zero-order valence-electron chi connectivity index (χ0n) is 16.5. The van der Waals surface area contributed by atoms with E-state index in [1.54, 1.807) is 4.90 Å². The number of aryl methyl sites for hydroxylation is 1. The molecule has 1 aliphatic rings. The first-order valence-corrected chi connectivity index (χ1v) is 10.00. The van der Waals surface area contributed by atoms with Crippen LogP contribution < -0.4 is 10.2 Å². The maximum Gasteiger partial charge on any atom is 0.322 e. The molecule has 5 nitrogen and oxygen atoms in total. The molecule has 1 heterocycles. The lowest BCUT2D eigenvalue weighted by Crippen LogP contribution is -2.38. The summed E-state index contributed by atoms with van der Waals surface area (Å²) in [6.07, 6.45) is 0.847. The highest BCUT2D eigenvalue weighted by atomic mass is 35.5. The van der Waals surface area contributed by atoms with Crippen molar-refractivity contribution >= 4 is 29.2 Å². The minimum atomic E-state index is -0.120. The second-order valence-electron chi connectivity index (χ2n) is 7.21. The monoisotopic (exact) mass is 399 g/mol. The van der Waals surface area contributed by atoms with E-state index in [-0.39, 0.29) is 18.0 Å². The Balaban J connectivity index is 1.91. The molecule has 6 heteroatoms. The summed E-state index contributed by atoms with van der Waals surface area (Å²) < 4.78 is 0. The van der Waals surface area contributed by atoms with Gasteiger partial charge >= 0.3 is 6.03 Å². The normalized spacial score (nSPS) is 14.7. The smallest absolute Gasteiger partial charge is 0.322 e. The fourth-order valence-electron chi connectivity index (χ4n) is 3.38. The molecule has 1 unspecified atom stereocenters. The second-order valence-corrected chi connectivity index (χ2v) is 7.64. The standard InChI is InChI=1S/C22H26ClN3O2/c1-4-16(3)26(14-17-6-5-7-19(23)12-17)21(27)18-9-8-15(2)20(13-18)25-11-10-24-22(25)28/h5-9,12-13,16H,4,10-11,14H2,1-3H3,(H,24,28). The number of carbonyl (C=O) groups excluding carboxylic acids is 2. The van der Waals surface area contributed by atoms with Crippen LogP contribution in [0.4, 0.5) is 10.5 Å². The molecule has 0 saturated carbocycles. The number of nitrogens with zero attached hydrogens (tertiary/aromatic N) is 2. The quantitative estimate of drug-likeness (QED) is 0.770. The highest BCUT2D eigenvalue weighted by molar-refractivity contribution is 6.30. The zero-order valence-corrected chi connectivity index (χ0v) is 17.3. The van der Waals surface area contributed by atoms with Gasteiger partial charge in [-0.2, -0.15) is 0 Å². The molecule has 1 saturated heterocycles. The van der Waals surface area contributed by atoms with Crippen LogP contribution in [0.2, 0.25) is 5.02 Å². The predicted octanol–water partition coefficient (Wildman–Crippen LogP) is 4.62. The molecule has 2 aromatic carbocycles. The van der Waals surface area contributed by atoms with E-state index in [0.29, 0.717) is 30.2 Å². The van der Waals surface area contributed by atoms with Crippen molar-refractivity contribution in [1.29, 1.82) is 0 Å². The molecule has 0 aromatic heterocycles. The third-order valence-corrected chi connectivity index (χ3v) is 5.46. The van der Waals surface area contributed by atoms with E-state index in [4.69, 9.17) is 11.6 Å². The van der Waals surface area contributed by atoms with Gasteiger partial charge in [0, 0.05) is 41.9 Å². The van der Waals surface area contributed by atoms with Gasteiger partial charge in [0.25, 0.3) is 5.91 Å². The van der Waals surface area contributed by atoms with Crippen molar-refractivity contribution in [2.75, 3.05) is 18.0 Å². The van der Waals surface area contributed by atoms with Gasteiger partial charge in [0.1, 0.15) is 0 Å². The number of halogens is 1. The Morgan fingerprint density at radius 2 is 2.07 bits per heavy atom. The summed E-state index contributed by atoms with van der Waals surface area (Å²) >= 11 is 6.12. The minimum absolute atomic E-state index is 0.0461. The maximum atomic E-state index is 13.4. The fourth-order valence-corrected chi connectivity index (χ4v) is 3.59. The van der Waals surface area contributed by atoms with E-state index in [9.17, 15) is 9.59 Å². The topological polar surface area (TPSA) is 52.7 Å². The van der Waals surface area contributed by atoms with Crippen LogP contribution in [0, 0.1) is 6.92 Å². The van der Waals surface area contributed by atoms with Gasteiger partial charge in [-0.25, -0.2) is 4.79 Å². The molecule has 0 aliphatic carbocycles. The number of amides is 3. The zero-order chi connectivity index (χ0) is 20.3. The summed E-state index contributed by atoms with van der Waals surface area (Å²) in [6.45, 7) is 7.78. The molecule has 0 spiro atoms. The van der Waals surface area contributed by atoms with E-state index >= 15 is 0 Å². The van der Waals surface area contributed by atoms with Crippen molar-refractivity contribution in [3.63, 3.8) is 0 Å². The van der Waals surface area contributed by atoms with Gasteiger partial charge in [-0.05, 0) is 55.7 Å². The van der Waals surface area contributed by atoms with Gasteiger partial charge in [0.2, 0.25) is 0 Å². The molecule has 2 aromatic rings. The highest BCUT2D eigenvalue weighted by Gasteiger charge is 2.26. The number of rotatable bonds is 6. The van der Waals surface area contributed by atoms with Crippen molar-refractivity contribution in [3.8, 4) is 0 Å². The van der Waals surface area contributed by atoms with E-state index in [1.165, 1.54) is 0 Å². The Labute approximate surface area is 171 Å². The lowest BCUT2D eigenvalue weighted by Gasteiger charge is -2.29. The maximum absolute atomic E-state index is 13.4. The summed E-state index contributed by atoms with van der Waals surface area (Å²) in [7, 11) is 0. The summed E-state index contributed by atoms with van der Waals surface area (Å²) in [5.74, 6) is -0.0461. The van der Waals surface area contributed by atoms with Gasteiger partial charge < -0.3 is 10.2 Å². The molecule has 1 atom stereocenters. The summed E-state index contributed by atoms with van der Waals surface area (Å²) in [4.78, 5) is 29.0. The molecular formula is C22H26ClN3O2. The highest BCUT2D eigenvalue weighted by Crippen LogP contribution is 2.25. The van der Waals surface area contributed by atoms with E-state index < -0.39 is 0 Å². The van der Waals surface area contributed by atoms with Gasteiger partial charge in [0.05, 0.1) is 0 Å². The first-order valence-electron chi connectivity index (χ1n) is 9.62. The molecule has 0 radical (unpaired) electrons. The van der Waals surface area contributed by atoms with Crippen molar-refractivity contribution in [1.82, 2.24) is 10.2 Å². The number of nitrogens with one attached hydrogen (secondary N) is 1. The van der Waals surface area contributed by atoms with E-state index in [1.807, 2.05) is 61.2 Å². The first kappa shape index (κ1) is 20.2. The molecule has 148 valence electrons. The lowest BCUT2D eigenvalue weighted by atomic mass is 10.1. The Kier molecular flexibility index (Phi) is 6.25. The van der Waals surface area contributed by atoms with Gasteiger partial charge in [-0.3, -0.25) is 9.69 Å². The van der Waals surface area contributed by atoms with Crippen molar-refractivity contribution in [3.05, 3.63) is 64.2 Å². The second kappa shape index (κ2) is 8.65. The lowest BCUT2D eigenvalue weighted by molar-refractivity contribution is 0.0671. The molecule has 1 aliphatic heterocycles. The summed E-state index contributed by atoms with van der Waals surface area (Å²) in [5.41, 5.74) is 3.33. The Hall–Kier alpha value is -2.53. The number of carbonyl (C=O) groups is 2. The number of urea groups is 1. The largest absolute Gasteiger partial charge is 0.336 e. The van der Waals surface area contributed by atoms with Crippen LogP contribution in [0.25, 0.3) is 0 Å². The average molecular weight is 400 g/mol. The SMILES string of the molecule is CCC(C)N(Cc1cccc(Cl)c1)C(=O)c1ccc(C)c(N2CCNC2=O)c1. The van der Waals surface area contributed by atoms with Gasteiger partial charge in [0.15, 0.2) is 0 Å². The Morgan fingerprint density at radius 3 is 2.71 bits per heavy atom. The van der Waals surface area contributed by atoms with Crippen LogP contribution in [0.5, 0.6) is 0 Å². The molecular weight excluding hydrogens is 374 g/mol. The molecule has 28 heavy (non-hydrogen) atoms. The van der Waals surface area contributed by atoms with Crippen LogP contribution in [0.1, 0.15) is 41.8 Å². The van der Waals surface area contributed by atoms with Crippen LogP contribution in [0.3, 0.4) is 0 Å². The Bertz CT molecular complexity index is 884. The van der Waals surface area contributed by atoms with Crippen molar-refractivity contribution in [2.45, 2.75) is 39.8 Å². The van der Waals surface area contributed by atoms with Gasteiger partial charge in [-0.15, -0.1) is 0 Å². The molecule has 3 rings (SSSR count). The van der Waals surface area contributed by atoms with Gasteiger partial charge in [-0.1, -0.05) is 36.7 Å². The third-order valence-electron chi connectivity index (χ3n) is 5.23. The number of benzene rings is 2. The molecule has 3 amide bonds. The minimum Gasteiger partial charge on any atom is -0.336 e. The van der Waals surface area contributed by atoms with E-state index in [0.717, 1.165) is 23.2 Å². The predicted molar refractivity (Wildman–Crippen MR) is 113 cm³/mol. The van der Waals surface area contributed by atoms with Crippen LogP contribution in [-0.4, -0.2) is 36.0 Å². The first-order chi connectivity index (χ1) is 13.4. The number of hydrogen-bond acceptors (Lipinski definition) is 2. The summed E-state index contributed by atoms with van der Waals surface area (Å²) in [6, 6.07) is 13.1. The molecule has 0 bridgehead atoms. The molecule has 1 N–H and O–H groups in total. The van der Waals surface area contributed by atoms with Crippen molar-refractivity contribution < 1.29 is 9.59 Å². The van der Waals surface area contributed by atoms with Crippen LogP contribution in [-0.2, 0) is 6.54 Å². The third kappa shape index (κ3) is 4.30. The van der Waals surface area contributed by atoms with Crippen LogP contribution in [0.15, 0.2) is 42.5 Å². The van der Waals surface area contributed by atoms with Crippen LogP contribution >= 0.6 is 11.6 Å².